The molecular weight excluding hydrogens is 278 g/mol. The van der Waals surface area contributed by atoms with Crippen LogP contribution in [0.15, 0.2) is 42.5 Å². The van der Waals surface area contributed by atoms with Crippen molar-refractivity contribution in [3.63, 3.8) is 0 Å². The van der Waals surface area contributed by atoms with E-state index in [4.69, 9.17) is 4.74 Å². The van der Waals surface area contributed by atoms with Crippen molar-refractivity contribution in [2.75, 3.05) is 12.4 Å². The summed E-state index contributed by atoms with van der Waals surface area (Å²) in [5.41, 5.74) is 4.01. The van der Waals surface area contributed by atoms with Crippen LogP contribution in [0, 0.1) is 13.8 Å². The van der Waals surface area contributed by atoms with E-state index < -0.39 is 5.97 Å². The highest BCUT2D eigenvalue weighted by Gasteiger charge is 2.11. The van der Waals surface area contributed by atoms with E-state index in [0.717, 1.165) is 16.7 Å². The van der Waals surface area contributed by atoms with Gasteiger partial charge in [0, 0.05) is 5.69 Å². The van der Waals surface area contributed by atoms with E-state index in [9.17, 15) is 9.59 Å². The number of carbonyl (C=O) groups is 2. The predicted molar refractivity (Wildman–Crippen MR) is 86.0 cm³/mol. The van der Waals surface area contributed by atoms with E-state index in [2.05, 4.69) is 5.32 Å². The predicted octanol–water partition coefficient (Wildman–Crippen LogP) is 3.27. The molecule has 4 heteroatoms. The number of ether oxygens (including phenoxy) is 1. The van der Waals surface area contributed by atoms with Crippen LogP contribution in [0.5, 0.6) is 0 Å². The summed E-state index contributed by atoms with van der Waals surface area (Å²) in [4.78, 5) is 23.8. The zero-order valence-electron chi connectivity index (χ0n) is 13.0. The zero-order valence-corrected chi connectivity index (χ0v) is 13.0. The number of methoxy groups -OCH3 is 1. The normalized spacial score (nSPS) is 10.1. The Morgan fingerprint density at radius 2 is 1.77 bits per heavy atom. The van der Waals surface area contributed by atoms with Gasteiger partial charge in [-0.05, 0) is 42.7 Å². The summed E-state index contributed by atoms with van der Waals surface area (Å²) < 4.78 is 4.70. The van der Waals surface area contributed by atoms with Crippen molar-refractivity contribution in [2.24, 2.45) is 0 Å². The topological polar surface area (TPSA) is 55.4 Å². The summed E-state index contributed by atoms with van der Waals surface area (Å²) in [5.74, 6) is -0.534. The molecule has 0 aromatic heterocycles. The van der Waals surface area contributed by atoms with Gasteiger partial charge in [-0.2, -0.15) is 0 Å². The molecule has 2 aromatic carbocycles. The van der Waals surface area contributed by atoms with E-state index in [1.165, 1.54) is 7.11 Å². The molecule has 0 aliphatic heterocycles. The van der Waals surface area contributed by atoms with Gasteiger partial charge in [-0.25, -0.2) is 4.79 Å². The molecule has 0 unspecified atom stereocenters. The van der Waals surface area contributed by atoms with Gasteiger partial charge in [0.2, 0.25) is 5.91 Å². The van der Waals surface area contributed by atoms with Crippen LogP contribution in [0.3, 0.4) is 0 Å². The van der Waals surface area contributed by atoms with Gasteiger partial charge in [-0.15, -0.1) is 0 Å². The molecule has 0 spiro atoms. The molecule has 0 heterocycles. The van der Waals surface area contributed by atoms with Gasteiger partial charge in [0.25, 0.3) is 0 Å². The Hall–Kier alpha value is -2.62. The third-order valence-corrected chi connectivity index (χ3v) is 3.55. The molecule has 2 aromatic rings. The summed E-state index contributed by atoms with van der Waals surface area (Å²) >= 11 is 0. The maximum Gasteiger partial charge on any atom is 0.337 e. The fourth-order valence-electron chi connectivity index (χ4n) is 2.18. The van der Waals surface area contributed by atoms with Crippen LogP contribution in [-0.4, -0.2) is 19.0 Å². The number of carbonyl (C=O) groups excluding carboxylic acids is 2. The first-order valence-corrected chi connectivity index (χ1v) is 7.04. The van der Waals surface area contributed by atoms with Crippen molar-refractivity contribution in [2.45, 2.75) is 20.3 Å². The van der Waals surface area contributed by atoms with Crippen molar-refractivity contribution in [1.82, 2.24) is 0 Å². The van der Waals surface area contributed by atoms with E-state index in [1.807, 2.05) is 38.1 Å². The van der Waals surface area contributed by atoms with Crippen LogP contribution in [-0.2, 0) is 16.0 Å². The Labute approximate surface area is 130 Å². The van der Waals surface area contributed by atoms with Gasteiger partial charge >= 0.3 is 5.97 Å². The number of hydrogen-bond donors (Lipinski definition) is 1. The van der Waals surface area contributed by atoms with E-state index in [0.29, 0.717) is 17.7 Å². The van der Waals surface area contributed by atoms with Gasteiger partial charge in [-0.3, -0.25) is 4.79 Å². The quantitative estimate of drug-likeness (QED) is 0.881. The van der Waals surface area contributed by atoms with Crippen LogP contribution >= 0.6 is 0 Å². The molecule has 0 saturated heterocycles. The molecule has 0 aliphatic rings. The lowest BCUT2D eigenvalue weighted by Gasteiger charge is -2.11. The first-order chi connectivity index (χ1) is 10.5. The second kappa shape index (κ2) is 6.89. The molecule has 0 atom stereocenters. The molecular formula is C18H19NO3. The average molecular weight is 297 g/mol. The van der Waals surface area contributed by atoms with Crippen LogP contribution in [0.2, 0.25) is 0 Å². The summed E-state index contributed by atoms with van der Waals surface area (Å²) in [6.07, 6.45) is 0.300. The maximum atomic E-state index is 12.2. The second-order valence-electron chi connectivity index (χ2n) is 5.17. The van der Waals surface area contributed by atoms with Gasteiger partial charge in [0.05, 0.1) is 19.1 Å². The largest absolute Gasteiger partial charge is 0.465 e. The minimum atomic E-state index is -0.422. The van der Waals surface area contributed by atoms with Crippen molar-refractivity contribution in [1.29, 1.82) is 0 Å². The number of anilines is 1. The highest BCUT2D eigenvalue weighted by Crippen LogP contribution is 2.18. The van der Waals surface area contributed by atoms with Crippen molar-refractivity contribution in [3.05, 3.63) is 64.7 Å². The molecule has 0 bridgehead atoms. The molecule has 0 fully saturated rings. The van der Waals surface area contributed by atoms with Crippen molar-refractivity contribution in [3.8, 4) is 0 Å². The smallest absolute Gasteiger partial charge is 0.337 e. The van der Waals surface area contributed by atoms with Gasteiger partial charge in [-0.1, -0.05) is 30.3 Å². The molecule has 1 amide bonds. The monoisotopic (exact) mass is 297 g/mol. The third-order valence-electron chi connectivity index (χ3n) is 3.55. The van der Waals surface area contributed by atoms with Crippen molar-refractivity contribution >= 4 is 17.6 Å². The van der Waals surface area contributed by atoms with Crippen LogP contribution in [0.25, 0.3) is 0 Å². The van der Waals surface area contributed by atoms with Crippen molar-refractivity contribution < 1.29 is 14.3 Å². The Bertz CT molecular complexity index is 707. The fourth-order valence-corrected chi connectivity index (χ4v) is 2.18. The SMILES string of the molecule is COC(=O)c1ccc(C)c(NC(=O)Cc2ccccc2C)c1. The lowest BCUT2D eigenvalue weighted by molar-refractivity contribution is -0.115. The molecule has 0 aliphatic carbocycles. The van der Waals surface area contributed by atoms with Crippen LogP contribution < -0.4 is 5.32 Å². The van der Waals surface area contributed by atoms with E-state index >= 15 is 0 Å². The fraction of sp³-hybridized carbons (Fsp3) is 0.222. The Morgan fingerprint density at radius 3 is 2.45 bits per heavy atom. The second-order valence-corrected chi connectivity index (χ2v) is 5.17. The van der Waals surface area contributed by atoms with E-state index in [-0.39, 0.29) is 5.91 Å². The highest BCUT2D eigenvalue weighted by molar-refractivity contribution is 5.96. The number of esters is 1. The molecule has 4 nitrogen and oxygen atoms in total. The molecule has 22 heavy (non-hydrogen) atoms. The Morgan fingerprint density at radius 1 is 1.05 bits per heavy atom. The van der Waals surface area contributed by atoms with E-state index in [1.54, 1.807) is 18.2 Å². The number of amides is 1. The van der Waals surface area contributed by atoms with Gasteiger partial charge < -0.3 is 10.1 Å². The lowest BCUT2D eigenvalue weighted by atomic mass is 10.1. The Kier molecular flexibility index (Phi) is 4.94. The maximum absolute atomic E-state index is 12.2. The minimum absolute atomic E-state index is 0.112. The van der Waals surface area contributed by atoms with Crippen LogP contribution in [0.4, 0.5) is 5.69 Å². The first kappa shape index (κ1) is 15.8. The number of benzene rings is 2. The standard InChI is InChI=1S/C18H19NO3/c1-12-6-4-5-7-14(12)11-17(20)19-16-10-15(18(21)22-3)9-8-13(16)2/h4-10H,11H2,1-3H3,(H,19,20). The summed E-state index contributed by atoms with van der Waals surface area (Å²) in [6, 6.07) is 12.9. The zero-order chi connectivity index (χ0) is 16.1. The number of hydrogen-bond acceptors (Lipinski definition) is 3. The minimum Gasteiger partial charge on any atom is -0.465 e. The Balaban J connectivity index is 2.14. The summed E-state index contributed by atoms with van der Waals surface area (Å²) in [5, 5.41) is 2.86. The number of aryl methyl sites for hydroxylation is 2. The molecule has 1 N–H and O–H groups in total. The highest BCUT2D eigenvalue weighted by atomic mass is 16.5. The molecule has 114 valence electrons. The first-order valence-electron chi connectivity index (χ1n) is 7.04. The number of rotatable bonds is 4. The molecule has 2 rings (SSSR count). The lowest BCUT2D eigenvalue weighted by Crippen LogP contribution is -2.16. The van der Waals surface area contributed by atoms with Crippen LogP contribution in [0.1, 0.15) is 27.0 Å². The summed E-state index contributed by atoms with van der Waals surface area (Å²) in [7, 11) is 1.33. The molecule has 0 saturated carbocycles. The van der Waals surface area contributed by atoms with Gasteiger partial charge in [0.15, 0.2) is 0 Å². The molecule has 0 radical (unpaired) electrons. The number of nitrogens with one attached hydrogen (secondary N) is 1. The summed E-state index contributed by atoms with van der Waals surface area (Å²) in [6.45, 7) is 3.86. The van der Waals surface area contributed by atoms with Gasteiger partial charge in [0.1, 0.15) is 0 Å². The third kappa shape index (κ3) is 3.73. The average Bonchev–Trinajstić information content (AvgIpc) is 2.51.